The van der Waals surface area contributed by atoms with Crippen molar-refractivity contribution in [2.75, 3.05) is 23.1 Å². The highest BCUT2D eigenvalue weighted by Crippen LogP contribution is 2.32. The third-order valence-electron chi connectivity index (χ3n) is 7.02. The number of nitrogens with one attached hydrogen (secondary N) is 3. The van der Waals surface area contributed by atoms with Gasteiger partial charge in [0.15, 0.2) is 0 Å². The number of methoxy groups -OCH3 is 1. The van der Waals surface area contributed by atoms with Gasteiger partial charge >= 0.3 is 11.5 Å². The Balaban J connectivity index is 1.56. The summed E-state index contributed by atoms with van der Waals surface area (Å²) in [4.78, 5) is 45.3. The standard InChI is InChI=1S/C28H28F3N5O7S/c1-43-26-22(23(32-15-33-26)34-17-7-4-6-16(12-13-17)27(39)40)25(38)36-21-11-3-2-10-20(21)24(37)35-18-8-5-9-19(14-18)44(41,42)28(29,30)31/h2-3,5,8-11,14-17H,4,6-7,12-13H2,1H3,(H,35,37)(H,36,38)(H,39,40)(H,32,33,34). The maximum Gasteiger partial charge on any atom is 0.501 e. The summed E-state index contributed by atoms with van der Waals surface area (Å²) >= 11 is 0. The molecule has 12 nitrogen and oxygen atoms in total. The number of benzene rings is 2. The maximum atomic E-state index is 13.6. The number of carbonyl (C=O) groups is 3. The van der Waals surface area contributed by atoms with Crippen molar-refractivity contribution in [1.29, 1.82) is 0 Å². The van der Waals surface area contributed by atoms with Crippen molar-refractivity contribution in [2.45, 2.75) is 48.5 Å². The summed E-state index contributed by atoms with van der Waals surface area (Å²) < 4.78 is 67.9. The Hall–Kier alpha value is -4.73. The van der Waals surface area contributed by atoms with Gasteiger partial charge in [-0.05, 0) is 56.0 Å². The Bertz CT molecular complexity index is 1670. The molecule has 2 atom stereocenters. The number of carboxylic acid groups (broad SMARTS) is 1. The van der Waals surface area contributed by atoms with Gasteiger partial charge in [0.25, 0.3) is 21.7 Å². The SMILES string of the molecule is COc1ncnc(NC2CCCC(C(=O)O)CC2)c1C(=O)Nc1ccccc1C(=O)Nc1cccc(S(=O)(=O)C(F)(F)F)c1. The smallest absolute Gasteiger partial charge is 0.481 e. The molecule has 4 rings (SSSR count). The first-order valence-corrected chi connectivity index (χ1v) is 14.8. The summed E-state index contributed by atoms with van der Waals surface area (Å²) in [6.45, 7) is 0. The fourth-order valence-corrected chi connectivity index (χ4v) is 5.58. The number of hydrogen-bond donors (Lipinski definition) is 4. The van der Waals surface area contributed by atoms with Crippen LogP contribution in [0.25, 0.3) is 0 Å². The molecule has 1 aliphatic rings. The van der Waals surface area contributed by atoms with Gasteiger partial charge in [-0.2, -0.15) is 13.2 Å². The van der Waals surface area contributed by atoms with Crippen molar-refractivity contribution in [1.82, 2.24) is 9.97 Å². The van der Waals surface area contributed by atoms with Gasteiger partial charge in [-0.25, -0.2) is 18.4 Å². The molecule has 3 aromatic rings. The van der Waals surface area contributed by atoms with E-state index in [1.165, 1.54) is 43.8 Å². The molecule has 1 fully saturated rings. The summed E-state index contributed by atoms with van der Waals surface area (Å²) in [5.74, 6) is -2.83. The van der Waals surface area contributed by atoms with Gasteiger partial charge in [0, 0.05) is 11.7 Å². The Morgan fingerprint density at radius 1 is 0.955 bits per heavy atom. The molecular weight excluding hydrogens is 607 g/mol. The lowest BCUT2D eigenvalue weighted by atomic mass is 10.0. The number of ether oxygens (including phenoxy) is 1. The fourth-order valence-electron chi connectivity index (χ4n) is 4.77. The molecule has 4 N–H and O–H groups in total. The molecule has 44 heavy (non-hydrogen) atoms. The quantitative estimate of drug-likeness (QED) is 0.241. The van der Waals surface area contributed by atoms with Crippen LogP contribution >= 0.6 is 0 Å². The summed E-state index contributed by atoms with van der Waals surface area (Å²) in [7, 11) is -4.34. The van der Waals surface area contributed by atoms with E-state index in [0.717, 1.165) is 12.1 Å². The van der Waals surface area contributed by atoms with Gasteiger partial charge in [0.1, 0.15) is 17.7 Å². The second-order valence-electron chi connectivity index (χ2n) is 9.92. The second kappa shape index (κ2) is 13.3. The van der Waals surface area contributed by atoms with Crippen molar-refractivity contribution < 1.29 is 45.8 Å². The minimum atomic E-state index is -5.65. The summed E-state index contributed by atoms with van der Waals surface area (Å²) in [6.07, 6.45) is 4.01. The van der Waals surface area contributed by atoms with Crippen LogP contribution in [0.3, 0.4) is 0 Å². The first-order valence-electron chi connectivity index (χ1n) is 13.3. The third-order valence-corrected chi connectivity index (χ3v) is 8.50. The van der Waals surface area contributed by atoms with Crippen LogP contribution in [0.5, 0.6) is 5.88 Å². The highest BCUT2D eigenvalue weighted by molar-refractivity contribution is 7.92. The molecule has 0 radical (unpaired) electrons. The van der Waals surface area contributed by atoms with E-state index in [4.69, 9.17) is 4.74 Å². The normalized spacial score (nSPS) is 17.2. The van der Waals surface area contributed by atoms with Crippen molar-refractivity contribution in [3.05, 3.63) is 66.0 Å². The van der Waals surface area contributed by atoms with Crippen LogP contribution in [-0.4, -0.2) is 59.9 Å². The van der Waals surface area contributed by atoms with E-state index >= 15 is 0 Å². The zero-order valence-corrected chi connectivity index (χ0v) is 24.0. The van der Waals surface area contributed by atoms with Crippen LogP contribution < -0.4 is 20.7 Å². The third kappa shape index (κ3) is 7.24. The average molecular weight is 636 g/mol. The number of carboxylic acids is 1. The van der Waals surface area contributed by atoms with Gasteiger partial charge in [-0.3, -0.25) is 14.4 Å². The number of carbonyl (C=O) groups excluding carboxylic acids is 2. The number of aromatic nitrogens is 2. The number of para-hydroxylation sites is 1. The van der Waals surface area contributed by atoms with Crippen LogP contribution in [0.1, 0.15) is 52.8 Å². The highest BCUT2D eigenvalue weighted by atomic mass is 32.2. The van der Waals surface area contributed by atoms with Crippen LogP contribution in [-0.2, 0) is 14.6 Å². The van der Waals surface area contributed by atoms with Crippen molar-refractivity contribution in [2.24, 2.45) is 5.92 Å². The van der Waals surface area contributed by atoms with Crippen LogP contribution in [0.4, 0.5) is 30.4 Å². The number of hydrogen-bond acceptors (Lipinski definition) is 9. The molecule has 0 aliphatic heterocycles. The van der Waals surface area contributed by atoms with E-state index in [0.29, 0.717) is 38.2 Å². The van der Waals surface area contributed by atoms with Crippen molar-refractivity contribution in [3.63, 3.8) is 0 Å². The van der Waals surface area contributed by atoms with Gasteiger partial charge in [-0.1, -0.05) is 24.6 Å². The Morgan fingerprint density at radius 2 is 1.70 bits per heavy atom. The molecule has 0 spiro atoms. The van der Waals surface area contributed by atoms with Crippen molar-refractivity contribution >= 4 is 44.8 Å². The number of halogens is 3. The van der Waals surface area contributed by atoms with E-state index in [1.54, 1.807) is 0 Å². The summed E-state index contributed by atoms with van der Waals surface area (Å²) in [5, 5.41) is 17.5. The summed E-state index contributed by atoms with van der Waals surface area (Å²) in [5.41, 5.74) is -5.89. The first kappa shape index (κ1) is 32.2. The predicted octanol–water partition coefficient (Wildman–Crippen LogP) is 4.73. The van der Waals surface area contributed by atoms with E-state index in [-0.39, 0.29) is 40.2 Å². The predicted molar refractivity (Wildman–Crippen MR) is 152 cm³/mol. The molecule has 1 saturated carbocycles. The first-order chi connectivity index (χ1) is 20.8. The largest absolute Gasteiger partial charge is 0.501 e. The average Bonchev–Trinajstić information content (AvgIpc) is 3.22. The van der Waals surface area contributed by atoms with Gasteiger partial charge in [0.2, 0.25) is 5.88 Å². The highest BCUT2D eigenvalue weighted by Gasteiger charge is 2.47. The minimum absolute atomic E-state index is 0.0182. The zero-order chi connectivity index (χ0) is 32.1. The van der Waals surface area contributed by atoms with Crippen LogP contribution in [0.15, 0.2) is 59.8 Å². The lowest BCUT2D eigenvalue weighted by Crippen LogP contribution is -2.25. The van der Waals surface area contributed by atoms with E-state index in [1.807, 2.05) is 0 Å². The number of alkyl halides is 3. The lowest BCUT2D eigenvalue weighted by Gasteiger charge is -2.20. The molecule has 1 aromatic heterocycles. The van der Waals surface area contributed by atoms with Gasteiger partial charge < -0.3 is 25.8 Å². The number of anilines is 3. The molecule has 2 unspecified atom stereocenters. The monoisotopic (exact) mass is 635 g/mol. The van der Waals surface area contributed by atoms with E-state index < -0.39 is 43.9 Å². The summed E-state index contributed by atoms with van der Waals surface area (Å²) in [6, 6.07) is 9.31. The Morgan fingerprint density at radius 3 is 2.41 bits per heavy atom. The topological polar surface area (TPSA) is 177 Å². The molecule has 0 bridgehead atoms. The number of rotatable bonds is 9. The van der Waals surface area contributed by atoms with Gasteiger partial charge in [-0.15, -0.1) is 0 Å². The van der Waals surface area contributed by atoms with E-state index in [9.17, 15) is 41.1 Å². The lowest BCUT2D eigenvalue weighted by molar-refractivity contribution is -0.142. The number of amides is 2. The van der Waals surface area contributed by atoms with Crippen LogP contribution in [0.2, 0.25) is 0 Å². The van der Waals surface area contributed by atoms with Crippen LogP contribution in [0, 0.1) is 5.92 Å². The Kier molecular flexibility index (Phi) is 9.71. The van der Waals surface area contributed by atoms with Crippen molar-refractivity contribution in [3.8, 4) is 5.88 Å². The Labute approximate surface area is 250 Å². The molecule has 2 aromatic carbocycles. The zero-order valence-electron chi connectivity index (χ0n) is 23.2. The van der Waals surface area contributed by atoms with E-state index in [2.05, 4.69) is 25.9 Å². The minimum Gasteiger partial charge on any atom is -0.481 e. The molecule has 234 valence electrons. The molecule has 16 heteroatoms. The molecule has 1 heterocycles. The molecule has 2 amide bonds. The molecular formula is C28H28F3N5O7S. The maximum absolute atomic E-state index is 13.6. The van der Waals surface area contributed by atoms with Gasteiger partial charge in [0.05, 0.1) is 29.2 Å². The number of nitrogens with zero attached hydrogens (tertiary/aromatic N) is 2. The second-order valence-corrected chi connectivity index (χ2v) is 11.9. The fraction of sp³-hybridized carbons (Fsp3) is 0.321. The molecule has 0 saturated heterocycles. The number of aliphatic carboxylic acids is 1. The number of sulfone groups is 1. The molecule has 1 aliphatic carbocycles.